The molecule has 0 spiro atoms. The number of fused-ring (bicyclic) bond motifs is 5. The average molecular weight is 525 g/mol. The van der Waals surface area contributed by atoms with Gasteiger partial charge in [0.1, 0.15) is 0 Å². The van der Waals surface area contributed by atoms with Crippen molar-refractivity contribution in [3.05, 3.63) is 24.3 Å². The molecule has 6 nitrogen and oxygen atoms in total. The number of carbonyl (C=O) groups is 2. The fourth-order valence-electron chi connectivity index (χ4n) is 9.82. The first kappa shape index (κ1) is 27.6. The predicted octanol–water partition coefficient (Wildman–Crippen LogP) is 5.99. The summed E-state index contributed by atoms with van der Waals surface area (Å²) in [6.45, 7) is 8.58. The second kappa shape index (κ2) is 10.6. The van der Waals surface area contributed by atoms with Gasteiger partial charge in [-0.25, -0.2) is 0 Å². The lowest BCUT2D eigenvalue weighted by molar-refractivity contribution is -0.174. The van der Waals surface area contributed by atoms with Gasteiger partial charge in [0, 0.05) is 24.7 Å². The number of benzene rings is 1. The molecule has 210 valence electrons. The van der Waals surface area contributed by atoms with Crippen LogP contribution in [0.15, 0.2) is 24.3 Å². The molecule has 0 bridgehead atoms. The van der Waals surface area contributed by atoms with Crippen molar-refractivity contribution in [1.29, 1.82) is 0 Å². The highest BCUT2D eigenvalue weighted by atomic mass is 16.3. The van der Waals surface area contributed by atoms with Crippen molar-refractivity contribution in [3.63, 3.8) is 0 Å². The maximum atomic E-state index is 12.8. The van der Waals surface area contributed by atoms with Crippen molar-refractivity contribution in [2.75, 3.05) is 10.6 Å². The van der Waals surface area contributed by atoms with E-state index in [1.54, 1.807) is 12.1 Å². The van der Waals surface area contributed by atoms with Crippen molar-refractivity contribution < 1.29 is 19.8 Å². The monoisotopic (exact) mass is 524 g/mol. The smallest absolute Gasteiger partial charge is 0.224 e. The number of rotatable bonds is 6. The molecule has 10 unspecified atom stereocenters. The van der Waals surface area contributed by atoms with Crippen molar-refractivity contribution >= 4 is 23.2 Å². The molecule has 5 rings (SSSR count). The van der Waals surface area contributed by atoms with E-state index < -0.39 is 0 Å². The van der Waals surface area contributed by atoms with Crippen molar-refractivity contribution in [2.45, 2.75) is 104 Å². The summed E-state index contributed by atoms with van der Waals surface area (Å²) >= 11 is 0. The van der Waals surface area contributed by atoms with E-state index in [-0.39, 0.29) is 34.9 Å². The maximum Gasteiger partial charge on any atom is 0.224 e. The van der Waals surface area contributed by atoms with Crippen molar-refractivity contribution in [3.8, 4) is 0 Å². The molecular weight excluding hydrogens is 476 g/mol. The summed E-state index contributed by atoms with van der Waals surface area (Å²) < 4.78 is 0. The Bertz CT molecular complexity index is 1040. The van der Waals surface area contributed by atoms with Crippen LogP contribution in [0.4, 0.5) is 11.4 Å². The number of nitrogens with one attached hydrogen (secondary N) is 2. The van der Waals surface area contributed by atoms with Gasteiger partial charge in [0.15, 0.2) is 0 Å². The molecule has 38 heavy (non-hydrogen) atoms. The van der Waals surface area contributed by atoms with Gasteiger partial charge in [-0.3, -0.25) is 9.59 Å². The Morgan fingerprint density at radius 3 is 2.47 bits per heavy atom. The molecule has 1 aromatic rings. The second-order valence-corrected chi connectivity index (χ2v) is 13.7. The summed E-state index contributed by atoms with van der Waals surface area (Å²) in [4.78, 5) is 24.1. The molecule has 4 saturated carbocycles. The molecule has 0 saturated heterocycles. The molecular formula is C32H48N2O4. The van der Waals surface area contributed by atoms with Gasteiger partial charge in [0.05, 0.1) is 12.2 Å². The van der Waals surface area contributed by atoms with Crippen LogP contribution < -0.4 is 10.6 Å². The number of carbonyl (C=O) groups excluding carboxylic acids is 2. The molecule has 4 aliphatic carbocycles. The molecule has 4 N–H and O–H groups in total. The largest absolute Gasteiger partial charge is 0.393 e. The van der Waals surface area contributed by atoms with Gasteiger partial charge >= 0.3 is 0 Å². The third-order valence-electron chi connectivity index (χ3n) is 11.8. The Morgan fingerprint density at radius 2 is 1.74 bits per heavy atom. The molecule has 0 aliphatic heterocycles. The van der Waals surface area contributed by atoms with E-state index in [0.29, 0.717) is 53.3 Å². The summed E-state index contributed by atoms with van der Waals surface area (Å²) in [7, 11) is 0. The molecule has 4 fully saturated rings. The van der Waals surface area contributed by atoms with Crippen LogP contribution in [-0.4, -0.2) is 34.2 Å². The first-order valence-corrected chi connectivity index (χ1v) is 15.1. The molecule has 6 heteroatoms. The van der Waals surface area contributed by atoms with Crippen LogP contribution in [-0.2, 0) is 9.59 Å². The van der Waals surface area contributed by atoms with Gasteiger partial charge in [-0.1, -0.05) is 26.8 Å². The fourth-order valence-corrected chi connectivity index (χ4v) is 9.82. The van der Waals surface area contributed by atoms with E-state index in [4.69, 9.17) is 0 Å². The van der Waals surface area contributed by atoms with Crippen LogP contribution in [0.5, 0.6) is 0 Å². The average Bonchev–Trinajstić information content (AvgIpc) is 3.22. The van der Waals surface area contributed by atoms with E-state index >= 15 is 0 Å². The normalized spacial score (nSPS) is 40.8. The highest BCUT2D eigenvalue weighted by molar-refractivity contribution is 5.93. The Kier molecular flexibility index (Phi) is 7.69. The minimum atomic E-state index is -0.295. The van der Waals surface area contributed by atoms with E-state index in [2.05, 4.69) is 31.4 Å². The van der Waals surface area contributed by atoms with Crippen LogP contribution >= 0.6 is 0 Å². The second-order valence-electron chi connectivity index (χ2n) is 13.7. The molecule has 4 aliphatic rings. The van der Waals surface area contributed by atoms with Gasteiger partial charge in [-0.2, -0.15) is 0 Å². The topological polar surface area (TPSA) is 98.7 Å². The third-order valence-corrected chi connectivity index (χ3v) is 11.8. The first-order chi connectivity index (χ1) is 18.0. The number of aliphatic hydroxyl groups excluding tert-OH is 2. The summed E-state index contributed by atoms with van der Waals surface area (Å²) in [5.41, 5.74) is 1.53. The minimum absolute atomic E-state index is 0.00786. The van der Waals surface area contributed by atoms with Crippen molar-refractivity contribution in [2.24, 2.45) is 46.3 Å². The number of aliphatic hydroxyl groups is 2. The lowest BCUT2D eigenvalue weighted by Crippen LogP contribution is -2.58. The van der Waals surface area contributed by atoms with Crippen LogP contribution in [0.2, 0.25) is 0 Å². The van der Waals surface area contributed by atoms with Crippen LogP contribution in [0.25, 0.3) is 0 Å². The lowest BCUT2D eigenvalue weighted by atomic mass is 9.43. The van der Waals surface area contributed by atoms with Crippen LogP contribution in [0, 0.1) is 46.3 Å². The van der Waals surface area contributed by atoms with Gasteiger partial charge < -0.3 is 20.8 Å². The maximum absolute atomic E-state index is 12.8. The summed E-state index contributed by atoms with van der Waals surface area (Å²) in [6.07, 6.45) is 9.47. The van der Waals surface area contributed by atoms with Gasteiger partial charge in [0.25, 0.3) is 0 Å². The SMILES string of the molecule is CC(=O)Nc1cccc(NC(=O)CCC(C)C2CCC3C4CCC5CC(O)CCC5(C)C4CC(O)C23C)c1. The van der Waals surface area contributed by atoms with E-state index in [9.17, 15) is 19.8 Å². The van der Waals surface area contributed by atoms with E-state index in [1.165, 1.54) is 26.2 Å². The number of hydrogen-bond acceptors (Lipinski definition) is 4. The zero-order chi connectivity index (χ0) is 27.2. The number of hydrogen-bond donors (Lipinski definition) is 4. The van der Waals surface area contributed by atoms with E-state index in [0.717, 1.165) is 38.5 Å². The van der Waals surface area contributed by atoms with Gasteiger partial charge in [0.2, 0.25) is 11.8 Å². The highest BCUT2D eigenvalue weighted by Gasteiger charge is 2.63. The zero-order valence-corrected chi connectivity index (χ0v) is 23.7. The summed E-state index contributed by atoms with van der Waals surface area (Å²) in [5, 5.41) is 27.8. The van der Waals surface area contributed by atoms with Crippen LogP contribution in [0.3, 0.4) is 0 Å². The van der Waals surface area contributed by atoms with Gasteiger partial charge in [-0.05, 0) is 122 Å². The molecule has 1 aromatic carbocycles. The summed E-state index contributed by atoms with van der Waals surface area (Å²) in [5.74, 6) is 3.04. The fraction of sp³-hybridized carbons (Fsp3) is 0.750. The van der Waals surface area contributed by atoms with Crippen molar-refractivity contribution in [1.82, 2.24) is 0 Å². The highest BCUT2D eigenvalue weighted by Crippen LogP contribution is 2.68. The number of anilines is 2. The molecule has 0 heterocycles. The zero-order valence-electron chi connectivity index (χ0n) is 23.7. The first-order valence-electron chi connectivity index (χ1n) is 15.1. The molecule has 0 aromatic heterocycles. The van der Waals surface area contributed by atoms with Gasteiger partial charge in [-0.15, -0.1) is 0 Å². The van der Waals surface area contributed by atoms with E-state index in [1.807, 2.05) is 12.1 Å². The Morgan fingerprint density at radius 1 is 1.00 bits per heavy atom. The minimum Gasteiger partial charge on any atom is -0.393 e. The Hall–Kier alpha value is -1.92. The lowest BCUT2D eigenvalue weighted by Gasteiger charge is -2.62. The Labute approximate surface area is 228 Å². The molecule has 0 radical (unpaired) electrons. The quantitative estimate of drug-likeness (QED) is 0.367. The summed E-state index contributed by atoms with van der Waals surface area (Å²) in [6, 6.07) is 7.25. The number of amides is 2. The van der Waals surface area contributed by atoms with Crippen LogP contribution in [0.1, 0.15) is 91.9 Å². The third kappa shape index (κ3) is 4.92. The molecule has 2 amide bonds. The Balaban J connectivity index is 1.22. The molecule has 10 atom stereocenters. The predicted molar refractivity (Wildman–Crippen MR) is 150 cm³/mol. The standard InChI is InChI=1S/C32H48N2O4/c1-19(8-13-30(38)34-23-7-5-6-22(17-23)33-20(2)35)26-11-12-27-25-10-9-21-16-24(36)14-15-31(21,3)28(25)18-29(37)32(26,27)4/h5-7,17,19,21,24-29,36-37H,8-16,18H2,1-4H3,(H,33,35)(H,34,38).